The number of esters is 3. The maximum absolute atomic E-state index is 13.5. The van der Waals surface area contributed by atoms with E-state index in [0.29, 0.717) is 4.91 Å². The second-order valence-corrected chi connectivity index (χ2v) is 13.6. The SMILES string of the molecule is C[C@@H](O)[C@H]1C(=O)N2C(C(=O)OCOC(=O)c3cccc(F)c3)=C(S[C@H]3C[C@@H](C(=O)N(C)C)N(C(=O)OCOC(=O)c4cccc(F)c4)C3)[C@H](C)[C@H]12. The fourth-order valence-electron chi connectivity index (χ4n) is 6.28. The molecule has 1 N–H and O–H groups in total. The smallest absolute Gasteiger partial charge is 0.413 e. The van der Waals surface area contributed by atoms with Crippen LogP contribution in [-0.4, -0.2) is 113 Å². The number of carbonyl (C=O) groups excluding carboxylic acids is 6. The van der Waals surface area contributed by atoms with E-state index in [-0.39, 0.29) is 29.8 Å². The van der Waals surface area contributed by atoms with Gasteiger partial charge in [-0.1, -0.05) is 19.1 Å². The monoisotopic (exact) mass is 731 g/mol. The van der Waals surface area contributed by atoms with Crippen LogP contribution in [0.2, 0.25) is 0 Å². The molecule has 2 aromatic carbocycles. The summed E-state index contributed by atoms with van der Waals surface area (Å²) in [5, 5.41) is 9.83. The van der Waals surface area contributed by atoms with Gasteiger partial charge < -0.3 is 33.9 Å². The van der Waals surface area contributed by atoms with E-state index in [4.69, 9.17) is 18.9 Å². The van der Waals surface area contributed by atoms with Crippen molar-refractivity contribution in [3.05, 3.63) is 81.9 Å². The van der Waals surface area contributed by atoms with Gasteiger partial charge in [0.05, 0.1) is 29.2 Å². The average molecular weight is 732 g/mol. The summed E-state index contributed by atoms with van der Waals surface area (Å²) in [6.45, 7) is 1.53. The summed E-state index contributed by atoms with van der Waals surface area (Å²) in [7, 11) is 3.02. The molecule has 272 valence electrons. The van der Waals surface area contributed by atoms with Crippen LogP contribution >= 0.6 is 11.8 Å². The first-order valence-electron chi connectivity index (χ1n) is 15.8. The Kier molecular flexibility index (Phi) is 11.3. The number of aliphatic hydroxyl groups is 1. The van der Waals surface area contributed by atoms with Crippen molar-refractivity contribution in [3.63, 3.8) is 0 Å². The van der Waals surface area contributed by atoms with Crippen molar-refractivity contribution in [1.29, 1.82) is 0 Å². The maximum atomic E-state index is 13.5. The first-order chi connectivity index (χ1) is 24.2. The Morgan fingerprint density at radius 3 is 2.00 bits per heavy atom. The fraction of sp³-hybridized carbons (Fsp3) is 0.412. The number of β-lactam (4-membered cyclic amide) rings is 1. The third-order valence-electron chi connectivity index (χ3n) is 8.69. The van der Waals surface area contributed by atoms with Crippen LogP contribution in [0.25, 0.3) is 0 Å². The predicted octanol–water partition coefficient (Wildman–Crippen LogP) is 2.91. The highest BCUT2D eigenvalue weighted by atomic mass is 32.2. The lowest BCUT2D eigenvalue weighted by atomic mass is 9.79. The summed E-state index contributed by atoms with van der Waals surface area (Å²) in [6, 6.07) is 7.88. The van der Waals surface area contributed by atoms with E-state index < -0.39 is 96.3 Å². The number of halogens is 2. The van der Waals surface area contributed by atoms with E-state index in [9.17, 15) is 42.7 Å². The zero-order valence-corrected chi connectivity index (χ0v) is 28.8. The third kappa shape index (κ3) is 7.83. The van der Waals surface area contributed by atoms with Gasteiger partial charge in [-0.15, -0.1) is 11.8 Å². The first kappa shape index (κ1) is 37.2. The number of hydrogen-bond acceptors (Lipinski definition) is 12. The summed E-state index contributed by atoms with van der Waals surface area (Å²) in [5.74, 6) is -6.41. The van der Waals surface area contributed by atoms with Crippen molar-refractivity contribution in [3.8, 4) is 0 Å². The lowest BCUT2D eigenvalue weighted by Crippen LogP contribution is -2.63. The summed E-state index contributed by atoms with van der Waals surface area (Å²) in [5.41, 5.74) is -0.324. The van der Waals surface area contributed by atoms with E-state index in [1.54, 1.807) is 6.92 Å². The van der Waals surface area contributed by atoms with Crippen molar-refractivity contribution >= 4 is 47.6 Å². The van der Waals surface area contributed by atoms with Crippen molar-refractivity contribution in [2.45, 2.75) is 43.7 Å². The normalized spacial score (nSPS) is 22.9. The number of hydrogen-bond donors (Lipinski definition) is 1. The number of aliphatic hydroxyl groups excluding tert-OH is 1. The molecule has 5 rings (SSSR count). The fourth-order valence-corrected chi connectivity index (χ4v) is 7.80. The molecule has 2 aromatic rings. The minimum Gasteiger partial charge on any atom is -0.424 e. The van der Waals surface area contributed by atoms with Crippen LogP contribution < -0.4 is 0 Å². The first-order valence-corrected chi connectivity index (χ1v) is 16.7. The van der Waals surface area contributed by atoms with Crippen molar-refractivity contribution in [1.82, 2.24) is 14.7 Å². The van der Waals surface area contributed by atoms with Gasteiger partial charge in [0, 0.05) is 36.7 Å². The van der Waals surface area contributed by atoms with Gasteiger partial charge in [-0.05, 0) is 49.7 Å². The summed E-state index contributed by atoms with van der Waals surface area (Å²) in [4.78, 5) is 81.7. The topological polar surface area (TPSA) is 169 Å². The number of ether oxygens (including phenoxy) is 4. The highest BCUT2D eigenvalue weighted by Gasteiger charge is 2.60. The van der Waals surface area contributed by atoms with Gasteiger partial charge in [-0.25, -0.2) is 28.0 Å². The largest absolute Gasteiger partial charge is 0.424 e. The molecule has 0 radical (unpaired) electrons. The molecule has 14 nitrogen and oxygen atoms in total. The molecule has 51 heavy (non-hydrogen) atoms. The highest BCUT2D eigenvalue weighted by molar-refractivity contribution is 8.03. The number of benzene rings is 2. The molecule has 3 aliphatic heterocycles. The molecule has 0 spiro atoms. The number of thioether (sulfide) groups is 1. The van der Waals surface area contributed by atoms with Gasteiger partial charge in [-0.2, -0.15) is 0 Å². The van der Waals surface area contributed by atoms with Gasteiger partial charge in [0.2, 0.25) is 25.4 Å². The Hall–Kier alpha value is -5.03. The van der Waals surface area contributed by atoms with Crippen molar-refractivity contribution in [2.75, 3.05) is 34.2 Å². The molecule has 3 aliphatic rings. The number of amides is 3. The number of likely N-dealkylation sites (tertiary alicyclic amines) is 1. The molecule has 6 atom stereocenters. The Balaban J connectivity index is 1.30. The van der Waals surface area contributed by atoms with Crippen LogP contribution in [0, 0.1) is 23.5 Å². The lowest BCUT2D eigenvalue weighted by molar-refractivity contribution is -0.166. The summed E-state index contributed by atoms with van der Waals surface area (Å²) < 4.78 is 47.3. The number of likely N-dealkylation sites (N-methyl/N-ethyl adjacent to an activating group) is 1. The molecular weight excluding hydrogens is 696 g/mol. The maximum Gasteiger partial charge on any atom is 0.413 e. The molecule has 17 heteroatoms. The zero-order valence-electron chi connectivity index (χ0n) is 27.9. The number of nitrogens with zero attached hydrogens (tertiary/aromatic N) is 3. The second kappa shape index (κ2) is 15.5. The molecule has 2 fully saturated rings. The van der Waals surface area contributed by atoms with E-state index in [2.05, 4.69) is 0 Å². The molecule has 0 unspecified atom stereocenters. The Labute approximate surface area is 295 Å². The van der Waals surface area contributed by atoms with Gasteiger partial charge in [0.25, 0.3) is 0 Å². The van der Waals surface area contributed by atoms with Crippen molar-refractivity contribution in [2.24, 2.45) is 11.8 Å². The molecular formula is C34H35F2N3O11S. The van der Waals surface area contributed by atoms with E-state index in [1.807, 2.05) is 0 Å². The van der Waals surface area contributed by atoms with Crippen LogP contribution in [0.3, 0.4) is 0 Å². The minimum atomic E-state index is -1.02. The number of fused-ring (bicyclic) bond motifs is 1. The number of rotatable bonds is 11. The molecule has 0 aromatic heterocycles. The Morgan fingerprint density at radius 1 is 0.922 bits per heavy atom. The van der Waals surface area contributed by atoms with Crippen LogP contribution in [-0.2, 0) is 33.3 Å². The molecule has 0 bridgehead atoms. The highest BCUT2D eigenvalue weighted by Crippen LogP contribution is 2.52. The van der Waals surface area contributed by atoms with Crippen LogP contribution in [0.1, 0.15) is 41.0 Å². The quantitative estimate of drug-likeness (QED) is 0.204. The summed E-state index contributed by atoms with van der Waals surface area (Å²) >= 11 is 1.16. The molecule has 3 heterocycles. The zero-order chi connectivity index (χ0) is 37.1. The minimum absolute atomic E-state index is 0.0478. The number of carbonyl (C=O) groups is 6. The van der Waals surface area contributed by atoms with Gasteiger partial charge in [0.15, 0.2) is 0 Å². The molecule has 2 saturated heterocycles. The average Bonchev–Trinajstić information content (AvgIpc) is 3.61. The molecule has 3 amide bonds. The van der Waals surface area contributed by atoms with Gasteiger partial charge in [0.1, 0.15) is 23.4 Å². The van der Waals surface area contributed by atoms with E-state index >= 15 is 0 Å². The standard InChI is InChI=1S/C34H35F2N3O11S/c1-17-26-25(18(2)40)30(42)39(26)27(33(45)49-15-47-31(43)19-7-5-9-21(35)11-19)28(17)51-23-13-24(29(41)37(3)4)38(14-23)34(46)50-16-48-32(44)20-8-6-10-22(36)12-20/h5-12,17-18,23-26,40H,13-16H2,1-4H3/t17-,18-,23+,24+,25-,26-/m1/s1. The Bertz CT molecular complexity index is 1770. The third-order valence-corrected chi connectivity index (χ3v) is 10.2. The molecule has 0 saturated carbocycles. The van der Waals surface area contributed by atoms with E-state index in [0.717, 1.165) is 36.0 Å². The molecule has 0 aliphatic carbocycles. The second-order valence-electron chi connectivity index (χ2n) is 12.3. The van der Waals surface area contributed by atoms with Gasteiger partial charge in [-0.3, -0.25) is 14.5 Å². The lowest BCUT2D eigenvalue weighted by Gasteiger charge is -2.46. The van der Waals surface area contributed by atoms with E-state index in [1.165, 1.54) is 60.0 Å². The van der Waals surface area contributed by atoms with Crippen molar-refractivity contribution < 1.29 is 61.6 Å². The predicted molar refractivity (Wildman–Crippen MR) is 173 cm³/mol. The van der Waals surface area contributed by atoms with Crippen LogP contribution in [0.5, 0.6) is 0 Å². The Morgan fingerprint density at radius 2 is 1.47 bits per heavy atom. The van der Waals surface area contributed by atoms with Crippen LogP contribution in [0.4, 0.5) is 13.6 Å². The van der Waals surface area contributed by atoms with Crippen LogP contribution in [0.15, 0.2) is 59.1 Å². The summed E-state index contributed by atoms with van der Waals surface area (Å²) in [6.07, 6.45) is -1.88. The van der Waals surface area contributed by atoms with Gasteiger partial charge >= 0.3 is 24.0 Å².